The highest BCUT2D eigenvalue weighted by Crippen LogP contribution is 2.23. The summed E-state index contributed by atoms with van der Waals surface area (Å²) in [5.74, 6) is 0. The largest absolute Gasteiger partial charge is 0.218 e. The fourth-order valence-electron chi connectivity index (χ4n) is 1.55. The molecule has 0 amide bonds. The van der Waals surface area contributed by atoms with Crippen LogP contribution in [0.4, 0.5) is 0 Å². The maximum absolute atomic E-state index is 12.3. The minimum atomic E-state index is -3.73. The maximum Gasteiger partial charge on any atom is 0.216 e. The van der Waals surface area contributed by atoms with Gasteiger partial charge < -0.3 is 0 Å². The highest BCUT2D eigenvalue weighted by Gasteiger charge is 2.20. The monoisotopic (exact) mass is 289 g/mol. The van der Waals surface area contributed by atoms with Crippen LogP contribution in [0, 0.1) is 18.3 Å². The summed E-state index contributed by atoms with van der Waals surface area (Å²) in [7, 11) is -3.73. The molecule has 2 aromatic rings. The van der Waals surface area contributed by atoms with Crippen molar-refractivity contribution >= 4 is 27.3 Å². The van der Waals surface area contributed by atoms with Crippen LogP contribution >= 0.6 is 11.3 Å². The van der Waals surface area contributed by atoms with Crippen molar-refractivity contribution in [1.29, 1.82) is 5.26 Å². The Kier molecular flexibility index (Phi) is 3.84. The number of benzene rings is 1. The summed E-state index contributed by atoms with van der Waals surface area (Å²) < 4.78 is 24.6. The van der Waals surface area contributed by atoms with Crippen LogP contribution < -0.4 is 0 Å². The molecular weight excluding hydrogens is 278 g/mol. The number of nitrogens with zero attached hydrogens (tertiary/aromatic N) is 1. The van der Waals surface area contributed by atoms with Crippen molar-refractivity contribution in [2.45, 2.75) is 11.8 Å². The summed E-state index contributed by atoms with van der Waals surface area (Å²) in [5.41, 5.74) is 1.05. The zero-order chi connectivity index (χ0) is 13.9. The van der Waals surface area contributed by atoms with Crippen molar-refractivity contribution < 1.29 is 8.42 Å². The van der Waals surface area contributed by atoms with Crippen LogP contribution in [-0.2, 0) is 9.84 Å². The van der Waals surface area contributed by atoms with E-state index in [1.165, 1.54) is 29.5 Å². The van der Waals surface area contributed by atoms with Crippen LogP contribution in [0.5, 0.6) is 0 Å². The molecule has 0 aliphatic rings. The molecule has 1 heterocycles. The second-order valence-electron chi connectivity index (χ2n) is 3.96. The van der Waals surface area contributed by atoms with Gasteiger partial charge in [0.1, 0.15) is 6.07 Å². The molecule has 0 aliphatic carbocycles. The van der Waals surface area contributed by atoms with Gasteiger partial charge >= 0.3 is 0 Å². The second-order valence-corrected chi connectivity index (χ2v) is 6.82. The van der Waals surface area contributed by atoms with E-state index in [0.29, 0.717) is 0 Å². The van der Waals surface area contributed by atoms with E-state index in [4.69, 9.17) is 5.26 Å². The molecule has 0 bridgehead atoms. The molecule has 19 heavy (non-hydrogen) atoms. The lowest BCUT2D eigenvalue weighted by molar-refractivity contribution is 0.603. The first-order chi connectivity index (χ1) is 9.04. The summed E-state index contributed by atoms with van der Waals surface area (Å²) in [6, 6.07) is 11.6. The fourth-order valence-corrected chi connectivity index (χ4v) is 3.63. The molecule has 0 saturated heterocycles. The number of nitriles is 1. The van der Waals surface area contributed by atoms with Crippen molar-refractivity contribution in [1.82, 2.24) is 0 Å². The summed E-state index contributed by atoms with van der Waals surface area (Å²) >= 11 is 1.41. The van der Waals surface area contributed by atoms with E-state index in [1.54, 1.807) is 24.3 Å². The van der Waals surface area contributed by atoms with Crippen LogP contribution in [0.2, 0.25) is 0 Å². The number of allylic oxidation sites excluding steroid dienone is 1. The third kappa shape index (κ3) is 2.92. The Hall–Kier alpha value is -1.90. The Morgan fingerprint density at radius 1 is 1.32 bits per heavy atom. The van der Waals surface area contributed by atoms with Crippen molar-refractivity contribution in [3.63, 3.8) is 0 Å². The topological polar surface area (TPSA) is 57.9 Å². The summed E-state index contributed by atoms with van der Waals surface area (Å²) in [6.07, 6.45) is 1.42. The van der Waals surface area contributed by atoms with E-state index in [2.05, 4.69) is 0 Å². The van der Waals surface area contributed by atoms with Crippen molar-refractivity contribution in [3.05, 3.63) is 57.1 Å². The molecule has 1 aromatic carbocycles. The van der Waals surface area contributed by atoms with Gasteiger partial charge in [-0.2, -0.15) is 5.26 Å². The van der Waals surface area contributed by atoms with Gasteiger partial charge in [-0.1, -0.05) is 18.2 Å². The zero-order valence-corrected chi connectivity index (χ0v) is 11.8. The Morgan fingerprint density at radius 2 is 2.00 bits per heavy atom. The Morgan fingerprint density at radius 3 is 2.53 bits per heavy atom. The second kappa shape index (κ2) is 5.39. The molecular formula is C14H11NO2S2. The van der Waals surface area contributed by atoms with Gasteiger partial charge in [0.15, 0.2) is 4.91 Å². The van der Waals surface area contributed by atoms with Crippen molar-refractivity contribution in [2.24, 2.45) is 0 Å². The van der Waals surface area contributed by atoms with Gasteiger partial charge in [0.2, 0.25) is 9.84 Å². The third-order valence-corrected chi connectivity index (χ3v) is 5.16. The van der Waals surface area contributed by atoms with E-state index < -0.39 is 9.84 Å². The highest BCUT2D eigenvalue weighted by molar-refractivity contribution is 7.95. The lowest BCUT2D eigenvalue weighted by Crippen LogP contribution is -2.02. The van der Waals surface area contributed by atoms with Gasteiger partial charge in [-0.15, -0.1) is 11.3 Å². The minimum absolute atomic E-state index is 0.135. The normalized spacial score (nSPS) is 12.1. The molecule has 0 spiro atoms. The van der Waals surface area contributed by atoms with Crippen LogP contribution in [0.25, 0.3) is 6.08 Å². The number of hydrogen-bond acceptors (Lipinski definition) is 4. The van der Waals surface area contributed by atoms with Crippen molar-refractivity contribution in [2.75, 3.05) is 0 Å². The standard InChI is InChI=1S/C14H11NO2S2/c1-11-7-12(18-10-11)8-14(9-15)19(16,17)13-5-3-2-4-6-13/h2-8,10H,1H3. The van der Waals surface area contributed by atoms with Crippen LogP contribution in [0.15, 0.2) is 51.6 Å². The molecule has 0 saturated carbocycles. The average molecular weight is 289 g/mol. The summed E-state index contributed by atoms with van der Waals surface area (Å²) in [6.45, 7) is 1.92. The molecule has 0 unspecified atom stereocenters. The molecule has 0 N–H and O–H groups in total. The lowest BCUT2D eigenvalue weighted by atomic mass is 10.3. The highest BCUT2D eigenvalue weighted by atomic mass is 32.2. The molecule has 3 nitrogen and oxygen atoms in total. The van der Waals surface area contributed by atoms with Crippen LogP contribution in [0.1, 0.15) is 10.4 Å². The van der Waals surface area contributed by atoms with E-state index in [1.807, 2.05) is 18.4 Å². The van der Waals surface area contributed by atoms with Gasteiger partial charge in [0.25, 0.3) is 0 Å². The van der Waals surface area contributed by atoms with E-state index in [9.17, 15) is 8.42 Å². The Balaban J connectivity index is 2.49. The van der Waals surface area contributed by atoms with Gasteiger partial charge in [0.05, 0.1) is 4.90 Å². The smallest absolute Gasteiger partial charge is 0.216 e. The SMILES string of the molecule is Cc1csc(C=C(C#N)S(=O)(=O)c2ccccc2)c1. The van der Waals surface area contributed by atoms with Crippen LogP contribution in [-0.4, -0.2) is 8.42 Å². The predicted molar refractivity (Wildman–Crippen MR) is 76.3 cm³/mol. The molecule has 0 atom stereocenters. The molecule has 0 aliphatic heterocycles. The van der Waals surface area contributed by atoms with Gasteiger partial charge in [-0.3, -0.25) is 0 Å². The average Bonchev–Trinajstić information content (AvgIpc) is 2.82. The lowest BCUT2D eigenvalue weighted by Gasteiger charge is -2.01. The Labute approximate surface area is 116 Å². The van der Waals surface area contributed by atoms with Gasteiger partial charge in [-0.25, -0.2) is 8.42 Å². The molecule has 1 aromatic heterocycles. The first kappa shape index (κ1) is 13.5. The molecule has 0 fully saturated rings. The summed E-state index contributed by atoms with van der Waals surface area (Å²) in [4.78, 5) is 0.658. The quantitative estimate of drug-likeness (QED) is 0.814. The zero-order valence-electron chi connectivity index (χ0n) is 10.2. The first-order valence-electron chi connectivity index (χ1n) is 5.51. The Bertz CT molecular complexity index is 750. The first-order valence-corrected chi connectivity index (χ1v) is 7.87. The van der Waals surface area contributed by atoms with Gasteiger partial charge in [-0.05, 0) is 42.1 Å². The number of sulfone groups is 1. The van der Waals surface area contributed by atoms with E-state index in [0.717, 1.165) is 10.4 Å². The van der Waals surface area contributed by atoms with E-state index >= 15 is 0 Å². The molecule has 96 valence electrons. The third-order valence-electron chi connectivity index (χ3n) is 2.48. The van der Waals surface area contributed by atoms with Crippen LogP contribution in [0.3, 0.4) is 0 Å². The summed E-state index contributed by atoms with van der Waals surface area (Å²) in [5, 5.41) is 11.0. The number of thiophene rings is 1. The minimum Gasteiger partial charge on any atom is -0.218 e. The van der Waals surface area contributed by atoms with Gasteiger partial charge in [0, 0.05) is 4.88 Å². The molecule has 0 radical (unpaired) electrons. The maximum atomic E-state index is 12.3. The van der Waals surface area contributed by atoms with E-state index in [-0.39, 0.29) is 9.80 Å². The van der Waals surface area contributed by atoms with Crippen molar-refractivity contribution in [3.8, 4) is 6.07 Å². The number of aryl methyl sites for hydroxylation is 1. The number of rotatable bonds is 3. The molecule has 2 rings (SSSR count). The number of hydrogen-bond donors (Lipinski definition) is 0. The predicted octanol–water partition coefficient (Wildman–Crippen LogP) is 3.39. The molecule has 5 heteroatoms. The fraction of sp³-hybridized carbons (Fsp3) is 0.0714.